The second-order valence-electron chi connectivity index (χ2n) is 4.46. The van der Waals surface area contributed by atoms with Crippen LogP contribution in [-0.2, 0) is 0 Å². The van der Waals surface area contributed by atoms with Crippen molar-refractivity contribution in [1.29, 1.82) is 0 Å². The summed E-state index contributed by atoms with van der Waals surface area (Å²) in [6.07, 6.45) is 4.07. The molecule has 3 rings (SSSR count). The predicted molar refractivity (Wildman–Crippen MR) is 80.3 cm³/mol. The van der Waals surface area contributed by atoms with Gasteiger partial charge < -0.3 is 10.6 Å². The molecular weight excluding hydrogens is 296 g/mol. The number of amides is 2. The molecule has 0 saturated carbocycles. The topological polar surface area (TPSA) is 69.8 Å². The van der Waals surface area contributed by atoms with Gasteiger partial charge in [0.15, 0.2) is 0 Å². The summed E-state index contributed by atoms with van der Waals surface area (Å²) in [7, 11) is 0. The SMILES string of the molecule is O=C(Nc1cn[nH]c1)N[C@@H]1CCSc2ccc(Cl)cc21. The molecule has 0 saturated heterocycles. The molecule has 1 atom stereocenters. The quantitative estimate of drug-likeness (QED) is 0.796. The van der Waals surface area contributed by atoms with Gasteiger partial charge in [-0.25, -0.2) is 4.79 Å². The molecule has 1 aromatic carbocycles. The molecule has 7 heteroatoms. The molecule has 0 radical (unpaired) electrons. The Bertz CT molecular complexity index is 617. The summed E-state index contributed by atoms with van der Waals surface area (Å²) in [5.41, 5.74) is 1.72. The first-order valence-corrected chi connectivity index (χ1v) is 7.57. The van der Waals surface area contributed by atoms with Gasteiger partial charge in [-0.05, 0) is 30.2 Å². The van der Waals surface area contributed by atoms with Crippen LogP contribution in [0.1, 0.15) is 18.0 Å². The highest BCUT2D eigenvalue weighted by Gasteiger charge is 2.22. The number of thioether (sulfide) groups is 1. The number of anilines is 1. The van der Waals surface area contributed by atoms with Gasteiger partial charge in [0, 0.05) is 21.9 Å². The van der Waals surface area contributed by atoms with Gasteiger partial charge in [-0.3, -0.25) is 5.10 Å². The summed E-state index contributed by atoms with van der Waals surface area (Å²) < 4.78 is 0. The molecule has 3 N–H and O–H groups in total. The zero-order valence-corrected chi connectivity index (χ0v) is 12.1. The van der Waals surface area contributed by atoms with Crippen LogP contribution in [0.4, 0.5) is 10.5 Å². The Balaban J connectivity index is 1.72. The number of aromatic amines is 1. The van der Waals surface area contributed by atoms with E-state index in [0.717, 1.165) is 17.7 Å². The van der Waals surface area contributed by atoms with E-state index in [4.69, 9.17) is 11.6 Å². The van der Waals surface area contributed by atoms with E-state index in [2.05, 4.69) is 20.8 Å². The van der Waals surface area contributed by atoms with Crippen molar-refractivity contribution in [3.8, 4) is 0 Å². The molecule has 0 spiro atoms. The van der Waals surface area contributed by atoms with Crippen molar-refractivity contribution in [3.05, 3.63) is 41.2 Å². The lowest BCUT2D eigenvalue weighted by molar-refractivity contribution is 0.248. The highest BCUT2D eigenvalue weighted by atomic mass is 35.5. The van der Waals surface area contributed by atoms with Crippen LogP contribution < -0.4 is 10.6 Å². The lowest BCUT2D eigenvalue weighted by Crippen LogP contribution is -2.34. The molecule has 2 heterocycles. The minimum absolute atomic E-state index is 0.0168. The minimum atomic E-state index is -0.241. The number of carbonyl (C=O) groups is 1. The molecule has 5 nitrogen and oxygen atoms in total. The Morgan fingerprint density at radius 1 is 1.50 bits per heavy atom. The number of carbonyl (C=O) groups excluding carboxylic acids is 1. The Hall–Kier alpha value is -1.66. The highest BCUT2D eigenvalue weighted by Crippen LogP contribution is 2.37. The predicted octanol–water partition coefficient (Wildman–Crippen LogP) is 3.42. The average Bonchev–Trinajstić information content (AvgIpc) is 2.92. The molecule has 104 valence electrons. The summed E-state index contributed by atoms with van der Waals surface area (Å²) in [5, 5.41) is 12.8. The molecule has 20 heavy (non-hydrogen) atoms. The van der Waals surface area contributed by atoms with Gasteiger partial charge in [-0.1, -0.05) is 11.6 Å². The lowest BCUT2D eigenvalue weighted by atomic mass is 10.0. The molecular formula is C13H13ClN4OS. The smallest absolute Gasteiger partial charge is 0.319 e. The first-order chi connectivity index (χ1) is 9.72. The standard InChI is InChI=1S/C13H13ClN4OS/c14-8-1-2-12-10(5-8)11(3-4-20-12)18-13(19)17-9-6-15-16-7-9/h1-2,5-7,11H,3-4H2,(H,15,16)(H2,17,18,19)/t11-/m1/s1. The molecule has 0 aliphatic carbocycles. The second kappa shape index (κ2) is 5.76. The van der Waals surface area contributed by atoms with E-state index in [-0.39, 0.29) is 12.1 Å². The summed E-state index contributed by atoms with van der Waals surface area (Å²) in [6, 6.07) is 5.54. The molecule has 2 aromatic rings. The highest BCUT2D eigenvalue weighted by molar-refractivity contribution is 7.99. The van der Waals surface area contributed by atoms with Crippen LogP contribution in [0.2, 0.25) is 5.02 Å². The van der Waals surface area contributed by atoms with Crippen LogP contribution in [0, 0.1) is 0 Å². The zero-order valence-electron chi connectivity index (χ0n) is 10.5. The van der Waals surface area contributed by atoms with Crippen LogP contribution >= 0.6 is 23.4 Å². The van der Waals surface area contributed by atoms with Crippen LogP contribution in [-0.4, -0.2) is 22.0 Å². The van der Waals surface area contributed by atoms with E-state index >= 15 is 0 Å². The monoisotopic (exact) mass is 308 g/mol. The number of aromatic nitrogens is 2. The number of benzene rings is 1. The van der Waals surface area contributed by atoms with Crippen LogP contribution in [0.5, 0.6) is 0 Å². The average molecular weight is 309 g/mol. The third-order valence-corrected chi connectivity index (χ3v) is 4.43. The lowest BCUT2D eigenvalue weighted by Gasteiger charge is -2.26. The van der Waals surface area contributed by atoms with Gasteiger partial charge in [0.25, 0.3) is 0 Å². The van der Waals surface area contributed by atoms with E-state index in [9.17, 15) is 4.79 Å². The Labute approximate surface area is 125 Å². The molecule has 0 bridgehead atoms. The maximum absolute atomic E-state index is 12.0. The fraction of sp³-hybridized carbons (Fsp3) is 0.231. The number of nitrogens with one attached hydrogen (secondary N) is 3. The van der Waals surface area contributed by atoms with Crippen molar-refractivity contribution in [1.82, 2.24) is 15.5 Å². The first-order valence-electron chi connectivity index (χ1n) is 6.21. The number of hydrogen-bond donors (Lipinski definition) is 3. The number of urea groups is 1. The van der Waals surface area contributed by atoms with Crippen LogP contribution in [0.3, 0.4) is 0 Å². The number of nitrogens with zero attached hydrogens (tertiary/aromatic N) is 1. The van der Waals surface area contributed by atoms with E-state index in [0.29, 0.717) is 10.7 Å². The Morgan fingerprint density at radius 2 is 2.40 bits per heavy atom. The third-order valence-electron chi connectivity index (χ3n) is 3.07. The maximum Gasteiger partial charge on any atom is 0.319 e. The second-order valence-corrected chi connectivity index (χ2v) is 6.03. The number of fused-ring (bicyclic) bond motifs is 1. The van der Waals surface area contributed by atoms with E-state index in [1.165, 1.54) is 4.90 Å². The van der Waals surface area contributed by atoms with Crippen molar-refractivity contribution < 1.29 is 4.79 Å². The Kier molecular flexibility index (Phi) is 3.84. The van der Waals surface area contributed by atoms with Crippen LogP contribution in [0.25, 0.3) is 0 Å². The fourth-order valence-corrected chi connectivity index (χ4v) is 3.45. The Morgan fingerprint density at radius 3 is 3.20 bits per heavy atom. The van der Waals surface area contributed by atoms with Gasteiger partial charge in [-0.2, -0.15) is 5.10 Å². The van der Waals surface area contributed by atoms with E-state index in [1.54, 1.807) is 24.2 Å². The van der Waals surface area contributed by atoms with Gasteiger partial charge in [-0.15, -0.1) is 11.8 Å². The summed E-state index contributed by atoms with van der Waals surface area (Å²) >= 11 is 7.83. The molecule has 1 aliphatic rings. The normalized spacial score (nSPS) is 17.4. The summed E-state index contributed by atoms with van der Waals surface area (Å²) in [5.74, 6) is 0.977. The van der Waals surface area contributed by atoms with E-state index < -0.39 is 0 Å². The largest absolute Gasteiger partial charge is 0.331 e. The van der Waals surface area contributed by atoms with Crippen molar-refractivity contribution in [2.75, 3.05) is 11.1 Å². The molecule has 1 aliphatic heterocycles. The van der Waals surface area contributed by atoms with E-state index in [1.807, 2.05) is 18.2 Å². The van der Waals surface area contributed by atoms with Gasteiger partial charge in [0.2, 0.25) is 0 Å². The molecule has 1 aromatic heterocycles. The molecule has 0 fully saturated rings. The first kappa shape index (κ1) is 13.3. The number of rotatable bonds is 2. The number of hydrogen-bond acceptors (Lipinski definition) is 3. The minimum Gasteiger partial charge on any atom is -0.331 e. The maximum atomic E-state index is 12.0. The number of halogens is 1. The van der Waals surface area contributed by atoms with Crippen molar-refractivity contribution in [3.63, 3.8) is 0 Å². The van der Waals surface area contributed by atoms with Crippen LogP contribution in [0.15, 0.2) is 35.5 Å². The summed E-state index contributed by atoms with van der Waals surface area (Å²) in [4.78, 5) is 13.1. The fourth-order valence-electron chi connectivity index (χ4n) is 2.16. The van der Waals surface area contributed by atoms with Crippen molar-refractivity contribution in [2.24, 2.45) is 0 Å². The van der Waals surface area contributed by atoms with Gasteiger partial charge >= 0.3 is 6.03 Å². The summed E-state index contributed by atoms with van der Waals surface area (Å²) in [6.45, 7) is 0. The van der Waals surface area contributed by atoms with Gasteiger partial charge in [0.05, 0.1) is 17.9 Å². The van der Waals surface area contributed by atoms with Gasteiger partial charge in [0.1, 0.15) is 0 Å². The van der Waals surface area contributed by atoms with Crippen molar-refractivity contribution in [2.45, 2.75) is 17.4 Å². The molecule has 2 amide bonds. The van der Waals surface area contributed by atoms with Crippen molar-refractivity contribution >= 4 is 35.1 Å². The number of H-pyrrole nitrogens is 1. The molecule has 0 unspecified atom stereocenters. The third kappa shape index (κ3) is 2.91. The zero-order chi connectivity index (χ0) is 13.9.